The van der Waals surface area contributed by atoms with E-state index in [0.717, 1.165) is 16.8 Å². The maximum atomic E-state index is 14.4. The zero-order valence-corrected chi connectivity index (χ0v) is 24.3. The van der Waals surface area contributed by atoms with Crippen molar-refractivity contribution < 1.29 is 28.6 Å². The van der Waals surface area contributed by atoms with Crippen LogP contribution in [0.3, 0.4) is 0 Å². The summed E-state index contributed by atoms with van der Waals surface area (Å²) < 4.78 is 21.4. The number of hydrogen-bond acceptors (Lipinski definition) is 4. The van der Waals surface area contributed by atoms with E-state index in [1.165, 1.54) is 12.1 Å². The van der Waals surface area contributed by atoms with Crippen LogP contribution in [0, 0.1) is 11.7 Å². The number of carbonyl (C=O) groups excluding carboxylic acids is 2. The first-order valence-corrected chi connectivity index (χ1v) is 14.6. The Bertz CT molecular complexity index is 1630. The van der Waals surface area contributed by atoms with Crippen LogP contribution in [-0.2, 0) is 33.6 Å². The average molecular weight is 586 g/mol. The fourth-order valence-electron chi connectivity index (χ4n) is 6.12. The molecular formula is C34H36FN3O5. The van der Waals surface area contributed by atoms with E-state index in [2.05, 4.69) is 10.6 Å². The SMILES string of the molecule is CCC(C(=O)O)n1c2c(c3cc(F)ccc31)C[C@@H](NC(=O)C(CC(=O)Nc1cccc(OC)c1)Cc1ccccc1)CC2. The number of aliphatic carboxylic acids is 1. The summed E-state index contributed by atoms with van der Waals surface area (Å²) in [6.45, 7) is 1.82. The highest BCUT2D eigenvalue weighted by molar-refractivity contribution is 5.94. The van der Waals surface area contributed by atoms with Crippen LogP contribution in [0.4, 0.5) is 10.1 Å². The average Bonchev–Trinajstić information content (AvgIpc) is 3.30. The second kappa shape index (κ2) is 13.1. The highest BCUT2D eigenvalue weighted by atomic mass is 19.1. The van der Waals surface area contributed by atoms with Gasteiger partial charge in [0.15, 0.2) is 0 Å². The molecule has 5 rings (SSSR count). The third-order valence-electron chi connectivity index (χ3n) is 8.17. The van der Waals surface area contributed by atoms with Gasteiger partial charge in [-0.1, -0.05) is 43.3 Å². The van der Waals surface area contributed by atoms with Crippen molar-refractivity contribution in [1.82, 2.24) is 9.88 Å². The zero-order chi connectivity index (χ0) is 30.5. The lowest BCUT2D eigenvalue weighted by atomic mass is 9.89. The summed E-state index contributed by atoms with van der Waals surface area (Å²) in [5, 5.41) is 16.6. The van der Waals surface area contributed by atoms with Crippen LogP contribution < -0.4 is 15.4 Å². The molecule has 0 saturated carbocycles. The number of benzene rings is 3. The van der Waals surface area contributed by atoms with Gasteiger partial charge in [-0.25, -0.2) is 9.18 Å². The molecule has 0 fully saturated rings. The summed E-state index contributed by atoms with van der Waals surface area (Å²) in [6.07, 6.45) is 2.34. The molecule has 0 spiro atoms. The van der Waals surface area contributed by atoms with E-state index in [4.69, 9.17) is 4.74 Å². The maximum absolute atomic E-state index is 14.4. The predicted molar refractivity (Wildman–Crippen MR) is 163 cm³/mol. The Hall–Kier alpha value is -4.66. The molecule has 0 radical (unpaired) electrons. The van der Waals surface area contributed by atoms with Crippen molar-refractivity contribution in [2.75, 3.05) is 12.4 Å². The minimum atomic E-state index is -0.932. The number of amides is 2. The third kappa shape index (κ3) is 6.71. The number of rotatable bonds is 11. The number of nitrogens with one attached hydrogen (secondary N) is 2. The van der Waals surface area contributed by atoms with Crippen molar-refractivity contribution in [3.8, 4) is 5.75 Å². The molecule has 1 aliphatic carbocycles. The third-order valence-corrected chi connectivity index (χ3v) is 8.17. The minimum Gasteiger partial charge on any atom is -0.497 e. The van der Waals surface area contributed by atoms with Gasteiger partial charge in [-0.3, -0.25) is 9.59 Å². The molecule has 43 heavy (non-hydrogen) atoms. The van der Waals surface area contributed by atoms with Crippen molar-refractivity contribution in [3.05, 3.63) is 95.4 Å². The standard InChI is InChI=1S/C34H36FN3O5/c1-3-29(34(41)42)38-30-14-12-23(35)18-27(30)28-20-25(13-15-31(28)38)37-33(40)22(16-21-8-5-4-6-9-21)17-32(39)36-24-10-7-11-26(19-24)43-2/h4-12,14,18-19,22,25,29H,3,13,15-17,20H2,1-2H3,(H,36,39)(H,37,40)(H,41,42)/t22?,25-,29?/m0/s1. The lowest BCUT2D eigenvalue weighted by Crippen LogP contribution is -2.43. The smallest absolute Gasteiger partial charge is 0.326 e. The van der Waals surface area contributed by atoms with Gasteiger partial charge in [0.1, 0.15) is 17.6 Å². The monoisotopic (exact) mass is 585 g/mol. The highest BCUT2D eigenvalue weighted by Gasteiger charge is 2.32. The normalized spacial score (nSPS) is 15.7. The van der Waals surface area contributed by atoms with E-state index in [-0.39, 0.29) is 24.3 Å². The molecule has 0 bridgehead atoms. The molecule has 2 unspecified atom stereocenters. The van der Waals surface area contributed by atoms with Crippen LogP contribution in [0.2, 0.25) is 0 Å². The molecule has 1 heterocycles. The van der Waals surface area contributed by atoms with Gasteiger partial charge in [-0.2, -0.15) is 0 Å². The van der Waals surface area contributed by atoms with E-state index in [0.29, 0.717) is 54.4 Å². The molecule has 3 aromatic carbocycles. The van der Waals surface area contributed by atoms with E-state index in [9.17, 15) is 23.9 Å². The van der Waals surface area contributed by atoms with Crippen LogP contribution in [-0.4, -0.2) is 40.6 Å². The number of carbonyl (C=O) groups is 3. The van der Waals surface area contributed by atoms with Gasteiger partial charge in [0.2, 0.25) is 11.8 Å². The number of halogens is 1. The molecule has 0 saturated heterocycles. The van der Waals surface area contributed by atoms with Gasteiger partial charge in [-0.05, 0) is 73.6 Å². The van der Waals surface area contributed by atoms with Crippen LogP contribution >= 0.6 is 0 Å². The number of ether oxygens (including phenoxy) is 1. The number of carboxylic acid groups (broad SMARTS) is 1. The van der Waals surface area contributed by atoms with Crippen molar-refractivity contribution in [3.63, 3.8) is 0 Å². The second-order valence-electron chi connectivity index (χ2n) is 11.0. The van der Waals surface area contributed by atoms with Crippen LogP contribution in [0.15, 0.2) is 72.8 Å². The summed E-state index contributed by atoms with van der Waals surface area (Å²) in [7, 11) is 1.55. The molecule has 9 heteroatoms. The Morgan fingerprint density at radius 2 is 1.86 bits per heavy atom. The fraction of sp³-hybridized carbons (Fsp3) is 0.324. The van der Waals surface area contributed by atoms with Crippen molar-refractivity contribution in [2.24, 2.45) is 5.92 Å². The molecule has 3 N–H and O–H groups in total. The molecule has 224 valence electrons. The molecule has 0 aliphatic heterocycles. The van der Waals surface area contributed by atoms with Gasteiger partial charge in [0.05, 0.1) is 13.0 Å². The minimum absolute atomic E-state index is 0.0166. The van der Waals surface area contributed by atoms with Crippen LogP contribution in [0.25, 0.3) is 10.9 Å². The van der Waals surface area contributed by atoms with E-state index < -0.39 is 23.7 Å². The Labute approximate surface area is 249 Å². The van der Waals surface area contributed by atoms with Gasteiger partial charge in [0, 0.05) is 40.8 Å². The number of methoxy groups -OCH3 is 1. The van der Waals surface area contributed by atoms with E-state index >= 15 is 0 Å². The predicted octanol–water partition coefficient (Wildman–Crippen LogP) is 5.69. The van der Waals surface area contributed by atoms with E-state index in [1.54, 1.807) is 37.4 Å². The summed E-state index contributed by atoms with van der Waals surface area (Å²) >= 11 is 0. The Balaban J connectivity index is 1.36. The van der Waals surface area contributed by atoms with Gasteiger partial charge < -0.3 is 25.0 Å². The summed E-state index contributed by atoms with van der Waals surface area (Å²) in [5.41, 5.74) is 3.95. The van der Waals surface area contributed by atoms with E-state index in [1.807, 2.05) is 41.8 Å². The number of anilines is 1. The molecule has 1 aromatic heterocycles. The van der Waals surface area contributed by atoms with Gasteiger partial charge >= 0.3 is 5.97 Å². The number of fused-ring (bicyclic) bond motifs is 3. The maximum Gasteiger partial charge on any atom is 0.326 e. The van der Waals surface area contributed by atoms with Crippen LogP contribution in [0.5, 0.6) is 5.75 Å². The molecule has 3 atom stereocenters. The lowest BCUT2D eigenvalue weighted by molar-refractivity contribution is -0.141. The first-order chi connectivity index (χ1) is 20.8. The van der Waals surface area contributed by atoms with Gasteiger partial charge in [0.25, 0.3) is 0 Å². The Morgan fingerprint density at radius 1 is 1.07 bits per heavy atom. The first-order valence-electron chi connectivity index (χ1n) is 14.6. The lowest BCUT2D eigenvalue weighted by Gasteiger charge is -2.28. The number of carboxylic acids is 1. The molecule has 1 aliphatic rings. The Morgan fingerprint density at radius 3 is 2.58 bits per heavy atom. The molecule has 4 aromatic rings. The van der Waals surface area contributed by atoms with Gasteiger partial charge in [-0.15, -0.1) is 0 Å². The second-order valence-corrected chi connectivity index (χ2v) is 11.0. The van der Waals surface area contributed by atoms with Crippen molar-refractivity contribution >= 4 is 34.4 Å². The molecule has 2 amide bonds. The Kier molecular flexibility index (Phi) is 9.09. The van der Waals surface area contributed by atoms with Crippen LogP contribution in [0.1, 0.15) is 49.0 Å². The quantitative estimate of drug-likeness (QED) is 0.210. The molecular weight excluding hydrogens is 549 g/mol. The molecule has 8 nitrogen and oxygen atoms in total. The van der Waals surface area contributed by atoms with Crippen molar-refractivity contribution in [1.29, 1.82) is 0 Å². The first kappa shape index (κ1) is 29.8. The number of hydrogen-bond donors (Lipinski definition) is 3. The zero-order valence-electron chi connectivity index (χ0n) is 24.3. The number of aromatic nitrogens is 1. The fourth-order valence-corrected chi connectivity index (χ4v) is 6.12. The van der Waals surface area contributed by atoms with Crippen molar-refractivity contribution in [2.45, 2.75) is 57.5 Å². The number of nitrogens with zero attached hydrogens (tertiary/aromatic N) is 1. The highest BCUT2D eigenvalue weighted by Crippen LogP contribution is 2.36. The summed E-state index contributed by atoms with van der Waals surface area (Å²) in [4.78, 5) is 38.9. The summed E-state index contributed by atoms with van der Waals surface area (Å²) in [6, 6.07) is 20.1. The largest absolute Gasteiger partial charge is 0.497 e. The summed E-state index contributed by atoms with van der Waals surface area (Å²) in [5.74, 6) is -1.85. The topological polar surface area (TPSA) is 110 Å².